The van der Waals surface area contributed by atoms with Crippen molar-refractivity contribution in [2.45, 2.75) is 76.9 Å². The number of benzene rings is 2. The Labute approximate surface area is 283 Å². The second-order valence-corrected chi connectivity index (χ2v) is 14.9. The molecule has 3 aliphatic rings. The van der Waals surface area contributed by atoms with E-state index in [2.05, 4.69) is 15.5 Å². The Kier molecular flexibility index (Phi) is 11.5. The van der Waals surface area contributed by atoms with Crippen LogP contribution in [0, 0.1) is 11.8 Å². The summed E-state index contributed by atoms with van der Waals surface area (Å²) >= 11 is 0. The van der Waals surface area contributed by atoms with E-state index in [1.807, 2.05) is 65.0 Å². The van der Waals surface area contributed by atoms with Gasteiger partial charge in [-0.1, -0.05) is 44.2 Å². The van der Waals surface area contributed by atoms with Gasteiger partial charge in [-0.05, 0) is 63.3 Å². The van der Waals surface area contributed by atoms with Gasteiger partial charge in [-0.15, -0.1) is 0 Å². The number of aliphatic hydroxyl groups excluding tert-OH is 1. The van der Waals surface area contributed by atoms with E-state index in [4.69, 9.17) is 14.2 Å². The molecule has 5 atom stereocenters. The topological polar surface area (TPSA) is 147 Å². The summed E-state index contributed by atoms with van der Waals surface area (Å²) in [5.74, 6) is -0.399. The number of hydrogen-bond donors (Lipinski definition) is 3. The standard InChI is InChI=1S/C35H48N4O8S/c1-6-38(7-2)23(5)32-27-18-25(13-14-28(27)36-33(32)41)48(43,44)39(19-22(3)4)20-30(40)29(17-24-11-9-8-10-12-24)37-35(42)47-31-21-46-34-26(31)15-16-45-34/h8-14,18,22,26,29-31,34,40H,6-7,15-17,19-21H2,1-5H3,(H,36,41)(H,37,42)/b32-23-/t26?,29-,30+,31-,34?/m0/s1. The lowest BCUT2D eigenvalue weighted by Crippen LogP contribution is -2.51. The number of allylic oxidation sites excluding steroid dienone is 1. The number of rotatable bonds is 14. The number of carbonyl (C=O) groups excluding carboxylic acids is 2. The predicted octanol–water partition coefficient (Wildman–Crippen LogP) is 3.82. The zero-order chi connectivity index (χ0) is 34.6. The maximum Gasteiger partial charge on any atom is 0.407 e. The molecule has 3 aliphatic heterocycles. The number of hydrogen-bond acceptors (Lipinski definition) is 9. The van der Waals surface area contributed by atoms with Crippen molar-refractivity contribution in [1.82, 2.24) is 14.5 Å². The highest BCUT2D eigenvalue weighted by Crippen LogP contribution is 2.37. The minimum Gasteiger partial charge on any atom is -0.443 e. The molecule has 48 heavy (non-hydrogen) atoms. The number of amides is 2. The predicted molar refractivity (Wildman–Crippen MR) is 181 cm³/mol. The van der Waals surface area contributed by atoms with Crippen LogP contribution in [0.3, 0.4) is 0 Å². The summed E-state index contributed by atoms with van der Waals surface area (Å²) in [6, 6.07) is 13.1. The first-order valence-electron chi connectivity index (χ1n) is 16.8. The van der Waals surface area contributed by atoms with Crippen LogP contribution < -0.4 is 10.6 Å². The van der Waals surface area contributed by atoms with Gasteiger partial charge in [0, 0.05) is 43.1 Å². The van der Waals surface area contributed by atoms with Crippen molar-refractivity contribution in [3.05, 3.63) is 65.4 Å². The number of nitrogens with one attached hydrogen (secondary N) is 2. The van der Waals surface area contributed by atoms with Crippen LogP contribution >= 0.6 is 0 Å². The van der Waals surface area contributed by atoms with Crippen LogP contribution in [0.2, 0.25) is 0 Å². The fourth-order valence-electron chi connectivity index (χ4n) is 6.71. The van der Waals surface area contributed by atoms with E-state index in [1.54, 1.807) is 6.07 Å². The van der Waals surface area contributed by atoms with Crippen LogP contribution in [0.15, 0.2) is 59.1 Å². The maximum atomic E-state index is 14.3. The summed E-state index contributed by atoms with van der Waals surface area (Å²) < 4.78 is 46.7. The quantitative estimate of drug-likeness (QED) is 0.253. The van der Waals surface area contributed by atoms with Crippen molar-refractivity contribution in [3.8, 4) is 0 Å². The molecule has 0 spiro atoms. The Balaban J connectivity index is 1.40. The first kappa shape index (κ1) is 35.8. The summed E-state index contributed by atoms with van der Waals surface area (Å²) in [4.78, 5) is 28.3. The summed E-state index contributed by atoms with van der Waals surface area (Å²) in [6.45, 7) is 11.7. The van der Waals surface area contributed by atoms with Gasteiger partial charge in [-0.3, -0.25) is 4.79 Å². The second kappa shape index (κ2) is 15.4. The van der Waals surface area contributed by atoms with Gasteiger partial charge >= 0.3 is 6.09 Å². The number of anilines is 1. The Morgan fingerprint density at radius 2 is 1.83 bits per heavy atom. The number of ether oxygens (including phenoxy) is 3. The fraction of sp³-hybridized carbons (Fsp3) is 0.543. The van der Waals surface area contributed by atoms with Gasteiger partial charge in [0.25, 0.3) is 5.91 Å². The highest BCUT2D eigenvalue weighted by molar-refractivity contribution is 7.89. The Hall–Kier alpha value is -3.49. The lowest BCUT2D eigenvalue weighted by Gasteiger charge is -2.31. The number of fused-ring (bicyclic) bond motifs is 2. The molecule has 0 bridgehead atoms. The summed E-state index contributed by atoms with van der Waals surface area (Å²) in [6.07, 6.45) is -1.90. The number of aliphatic hydroxyl groups is 1. The van der Waals surface area contributed by atoms with Crippen LogP contribution in [0.1, 0.15) is 52.2 Å². The molecule has 2 saturated heterocycles. The van der Waals surface area contributed by atoms with Crippen molar-refractivity contribution in [2.24, 2.45) is 11.8 Å². The zero-order valence-corrected chi connectivity index (χ0v) is 29.2. The number of sulfonamides is 1. The molecular formula is C35H48N4O8S. The Morgan fingerprint density at radius 1 is 1.10 bits per heavy atom. The smallest absolute Gasteiger partial charge is 0.407 e. The van der Waals surface area contributed by atoms with Gasteiger partial charge in [-0.2, -0.15) is 4.31 Å². The van der Waals surface area contributed by atoms with E-state index < -0.39 is 34.4 Å². The molecule has 2 amide bonds. The van der Waals surface area contributed by atoms with Crippen LogP contribution in [0.25, 0.3) is 5.57 Å². The van der Waals surface area contributed by atoms with Crippen molar-refractivity contribution in [1.29, 1.82) is 0 Å². The third-order valence-electron chi connectivity index (χ3n) is 9.24. The van der Waals surface area contributed by atoms with Crippen LogP contribution in [0.4, 0.5) is 10.5 Å². The molecule has 0 saturated carbocycles. The molecule has 0 radical (unpaired) electrons. The molecular weight excluding hydrogens is 636 g/mol. The average Bonchev–Trinajstić information content (AvgIpc) is 3.76. The highest BCUT2D eigenvalue weighted by atomic mass is 32.2. The minimum atomic E-state index is -4.15. The molecule has 0 aliphatic carbocycles. The first-order valence-corrected chi connectivity index (χ1v) is 18.2. The van der Waals surface area contributed by atoms with Crippen molar-refractivity contribution in [3.63, 3.8) is 0 Å². The molecule has 3 heterocycles. The van der Waals surface area contributed by atoms with Gasteiger partial charge in [0.05, 0.1) is 41.7 Å². The SMILES string of the molecule is CCN(CC)/C(C)=C1\C(=O)Nc2ccc(S(=O)(=O)N(CC(C)C)C[C@@H](O)[C@H](Cc3ccccc3)NC(=O)O[C@H]3COC4OCCC43)cc21. The van der Waals surface area contributed by atoms with Crippen molar-refractivity contribution in [2.75, 3.05) is 44.7 Å². The molecule has 5 rings (SSSR count). The lowest BCUT2D eigenvalue weighted by molar-refractivity contribution is -0.110. The number of carbonyl (C=O) groups is 2. The van der Waals surface area contributed by atoms with Crippen molar-refractivity contribution >= 4 is 33.3 Å². The zero-order valence-electron chi connectivity index (χ0n) is 28.3. The van der Waals surface area contributed by atoms with Gasteiger partial charge in [0.15, 0.2) is 6.29 Å². The molecule has 0 aromatic heterocycles. The van der Waals surface area contributed by atoms with Crippen LogP contribution in [-0.2, 0) is 35.4 Å². The van der Waals surface area contributed by atoms with Crippen LogP contribution in [-0.4, -0.2) is 98.7 Å². The Bertz CT molecular complexity index is 1590. The van der Waals surface area contributed by atoms with Crippen molar-refractivity contribution < 1.29 is 37.3 Å². The van der Waals surface area contributed by atoms with Crippen LogP contribution in [0.5, 0.6) is 0 Å². The third kappa shape index (κ3) is 7.86. The van der Waals surface area contributed by atoms with E-state index in [1.165, 1.54) is 16.4 Å². The molecule has 2 aromatic rings. The van der Waals surface area contributed by atoms with Gasteiger partial charge in [0.2, 0.25) is 10.0 Å². The molecule has 3 N–H and O–H groups in total. The Morgan fingerprint density at radius 3 is 2.52 bits per heavy atom. The average molecular weight is 685 g/mol. The fourth-order valence-corrected chi connectivity index (χ4v) is 8.36. The van der Waals surface area contributed by atoms with E-state index in [-0.39, 0.29) is 55.0 Å². The molecule has 12 nitrogen and oxygen atoms in total. The van der Waals surface area contributed by atoms with Gasteiger partial charge in [-0.25, -0.2) is 13.2 Å². The van der Waals surface area contributed by atoms with E-state index in [0.29, 0.717) is 36.5 Å². The molecule has 2 fully saturated rings. The molecule has 13 heteroatoms. The highest BCUT2D eigenvalue weighted by Gasteiger charge is 2.44. The third-order valence-corrected chi connectivity index (χ3v) is 11.1. The monoisotopic (exact) mass is 684 g/mol. The summed E-state index contributed by atoms with van der Waals surface area (Å²) in [5.41, 5.74) is 3.13. The van der Waals surface area contributed by atoms with E-state index in [9.17, 15) is 23.1 Å². The maximum absolute atomic E-state index is 14.3. The van der Waals surface area contributed by atoms with E-state index >= 15 is 0 Å². The van der Waals surface area contributed by atoms with Gasteiger partial charge < -0.3 is 34.9 Å². The normalized spacial score (nSPS) is 22.7. The molecule has 262 valence electrons. The number of nitrogens with zero attached hydrogens (tertiary/aromatic N) is 2. The largest absolute Gasteiger partial charge is 0.443 e. The summed E-state index contributed by atoms with van der Waals surface area (Å²) in [7, 11) is -4.15. The minimum absolute atomic E-state index is 0.0111. The van der Waals surface area contributed by atoms with Gasteiger partial charge in [0.1, 0.15) is 6.10 Å². The summed E-state index contributed by atoms with van der Waals surface area (Å²) in [5, 5.41) is 17.3. The molecule has 2 unspecified atom stereocenters. The number of alkyl carbamates (subject to hydrolysis) is 1. The second-order valence-electron chi connectivity index (χ2n) is 13.0. The first-order chi connectivity index (χ1) is 22.9. The lowest BCUT2D eigenvalue weighted by atomic mass is 10.0. The molecule has 2 aromatic carbocycles. The van der Waals surface area contributed by atoms with E-state index in [0.717, 1.165) is 17.7 Å².